The van der Waals surface area contributed by atoms with Crippen LogP contribution in [0.3, 0.4) is 0 Å². The van der Waals surface area contributed by atoms with Gasteiger partial charge in [-0.15, -0.1) is 0 Å². The lowest BCUT2D eigenvalue weighted by Crippen LogP contribution is -2.64. The van der Waals surface area contributed by atoms with Gasteiger partial charge in [0.25, 0.3) is 0 Å². The van der Waals surface area contributed by atoms with E-state index < -0.39 is 25.9 Å². The number of sulfone groups is 1. The van der Waals surface area contributed by atoms with Crippen molar-refractivity contribution in [3.8, 4) is 0 Å². The molecule has 116 valence electrons. The van der Waals surface area contributed by atoms with Gasteiger partial charge in [0.15, 0.2) is 9.84 Å². The topological polar surface area (TPSA) is 96.0 Å². The first kappa shape index (κ1) is 16.0. The highest BCUT2D eigenvalue weighted by Gasteiger charge is 2.51. The third-order valence-corrected chi connectivity index (χ3v) is 6.90. The molecule has 0 aromatic heterocycles. The van der Waals surface area contributed by atoms with Crippen LogP contribution in [0.25, 0.3) is 0 Å². The second kappa shape index (κ2) is 4.58. The predicted octanol–water partition coefficient (Wildman–Crippen LogP) is 2.05. The van der Waals surface area contributed by atoms with Gasteiger partial charge in [-0.3, -0.25) is 5.41 Å². The van der Waals surface area contributed by atoms with E-state index in [0.29, 0.717) is 0 Å². The molecule has 2 rings (SSSR count). The Morgan fingerprint density at radius 3 is 2.48 bits per heavy atom. The molecule has 8 heteroatoms. The average Bonchev–Trinajstić information content (AvgIpc) is 2.30. The van der Waals surface area contributed by atoms with E-state index >= 15 is 0 Å². The number of halogens is 2. The third kappa shape index (κ3) is 2.38. The van der Waals surface area contributed by atoms with E-state index in [2.05, 4.69) is 5.32 Å². The molecule has 1 fully saturated rings. The van der Waals surface area contributed by atoms with Crippen LogP contribution >= 0.6 is 11.6 Å². The molecular weight excluding hydrogens is 317 g/mol. The zero-order valence-corrected chi connectivity index (χ0v) is 13.5. The Labute approximate surface area is 128 Å². The van der Waals surface area contributed by atoms with Crippen molar-refractivity contribution in [1.29, 1.82) is 5.41 Å². The molecule has 1 aliphatic heterocycles. The van der Waals surface area contributed by atoms with Gasteiger partial charge in [-0.25, -0.2) is 12.8 Å². The Kier molecular flexibility index (Phi) is 3.50. The number of nitrogens with one attached hydrogen (secondary N) is 2. The minimum Gasteiger partial charge on any atom is -0.399 e. The molecule has 1 atom stereocenters. The van der Waals surface area contributed by atoms with Crippen molar-refractivity contribution in [2.75, 3.05) is 11.5 Å². The Bertz CT molecular complexity index is 733. The second-order valence-corrected chi connectivity index (χ2v) is 8.91. The molecule has 0 amide bonds. The van der Waals surface area contributed by atoms with Crippen LogP contribution in [0.15, 0.2) is 12.1 Å². The molecule has 0 spiro atoms. The summed E-state index contributed by atoms with van der Waals surface area (Å²) in [6.07, 6.45) is 0. The molecule has 1 aliphatic rings. The molecule has 0 aliphatic carbocycles. The van der Waals surface area contributed by atoms with Crippen LogP contribution in [0.2, 0.25) is 5.02 Å². The van der Waals surface area contributed by atoms with E-state index in [0.717, 1.165) is 0 Å². The lowest BCUT2D eigenvalue weighted by Gasteiger charge is -2.43. The molecule has 4 N–H and O–H groups in total. The van der Waals surface area contributed by atoms with Crippen LogP contribution in [0.4, 0.5) is 10.1 Å². The Hall–Kier alpha value is -1.34. The van der Waals surface area contributed by atoms with E-state index in [9.17, 15) is 12.8 Å². The highest BCUT2D eigenvalue weighted by Crippen LogP contribution is 2.37. The van der Waals surface area contributed by atoms with E-state index in [1.165, 1.54) is 32.9 Å². The zero-order valence-electron chi connectivity index (χ0n) is 11.9. The largest absolute Gasteiger partial charge is 0.399 e. The van der Waals surface area contributed by atoms with Gasteiger partial charge < -0.3 is 11.1 Å². The minimum atomic E-state index is -3.65. The Morgan fingerprint density at radius 1 is 1.38 bits per heavy atom. The van der Waals surface area contributed by atoms with Crippen molar-refractivity contribution < 1.29 is 12.8 Å². The summed E-state index contributed by atoms with van der Waals surface area (Å²) in [5.41, 5.74) is 4.64. The summed E-state index contributed by atoms with van der Waals surface area (Å²) in [6, 6.07) is 2.60. The van der Waals surface area contributed by atoms with E-state index in [4.69, 9.17) is 22.7 Å². The molecular formula is C13H17ClFN3O2S. The molecule has 1 saturated heterocycles. The number of rotatable bonds is 1. The number of amidine groups is 1. The smallest absolute Gasteiger partial charge is 0.165 e. The van der Waals surface area contributed by atoms with Crippen molar-refractivity contribution in [3.05, 3.63) is 28.5 Å². The van der Waals surface area contributed by atoms with E-state index in [1.807, 2.05) is 0 Å². The van der Waals surface area contributed by atoms with Crippen LogP contribution in [0.5, 0.6) is 0 Å². The number of nitrogens with two attached hydrogens (primary N) is 1. The highest BCUT2D eigenvalue weighted by molar-refractivity contribution is 7.93. The number of anilines is 1. The Balaban J connectivity index is 2.63. The maximum absolute atomic E-state index is 14.3. The number of hydrogen-bond acceptors (Lipinski definition) is 4. The van der Waals surface area contributed by atoms with Crippen molar-refractivity contribution in [2.45, 2.75) is 31.1 Å². The molecule has 21 heavy (non-hydrogen) atoms. The van der Waals surface area contributed by atoms with Gasteiger partial charge in [0.05, 0.1) is 16.3 Å². The van der Waals surface area contributed by atoms with E-state index in [-0.39, 0.29) is 27.9 Å². The maximum atomic E-state index is 14.3. The van der Waals surface area contributed by atoms with Crippen molar-refractivity contribution in [1.82, 2.24) is 5.32 Å². The van der Waals surface area contributed by atoms with Crippen molar-refractivity contribution in [3.63, 3.8) is 0 Å². The fraction of sp³-hybridized carbons (Fsp3) is 0.462. The van der Waals surface area contributed by atoms with Gasteiger partial charge >= 0.3 is 0 Å². The van der Waals surface area contributed by atoms with Crippen molar-refractivity contribution in [2.24, 2.45) is 0 Å². The summed E-state index contributed by atoms with van der Waals surface area (Å²) in [7, 11) is -3.65. The van der Waals surface area contributed by atoms with Gasteiger partial charge in [-0.05, 0) is 32.9 Å². The van der Waals surface area contributed by atoms with Gasteiger partial charge in [-0.2, -0.15) is 0 Å². The van der Waals surface area contributed by atoms with Crippen molar-refractivity contribution >= 4 is 33.0 Å². The van der Waals surface area contributed by atoms with Crippen LogP contribution in [-0.4, -0.2) is 24.8 Å². The van der Waals surface area contributed by atoms with Gasteiger partial charge in [0.1, 0.15) is 16.4 Å². The first-order valence-corrected chi connectivity index (χ1v) is 8.28. The quantitative estimate of drug-likeness (QED) is 0.685. The van der Waals surface area contributed by atoms with E-state index in [1.54, 1.807) is 0 Å². The fourth-order valence-corrected chi connectivity index (χ4v) is 4.27. The first-order chi connectivity index (χ1) is 9.41. The molecule has 0 radical (unpaired) electrons. The van der Waals surface area contributed by atoms with Crippen LogP contribution < -0.4 is 11.1 Å². The summed E-state index contributed by atoms with van der Waals surface area (Å²) in [6.45, 7) is 4.41. The van der Waals surface area contributed by atoms with Gasteiger partial charge in [0, 0.05) is 11.3 Å². The standard InChI is InChI=1S/C13H17ClFN3O2S/c1-12(2)11(17)18-13(3,6-21(12,19)20)8-4-7(16)5-9(14)10(8)15/h4-5H,6,16H2,1-3H3,(H2,17,18)/t13-/m0/s1. The molecule has 0 saturated carbocycles. The summed E-state index contributed by atoms with van der Waals surface area (Å²) in [5.74, 6) is -1.27. The van der Waals surface area contributed by atoms with Gasteiger partial charge in [0.2, 0.25) is 0 Å². The number of benzene rings is 1. The molecule has 1 heterocycles. The minimum absolute atomic E-state index is 0.0383. The summed E-state index contributed by atoms with van der Waals surface area (Å²) in [4.78, 5) is 0. The average molecular weight is 334 g/mol. The number of nitrogen functional groups attached to an aromatic ring is 1. The lowest BCUT2D eigenvalue weighted by molar-refractivity contribution is 0.423. The van der Waals surface area contributed by atoms with Crippen LogP contribution in [0.1, 0.15) is 26.3 Å². The monoisotopic (exact) mass is 333 g/mol. The summed E-state index contributed by atoms with van der Waals surface area (Å²) >= 11 is 5.78. The Morgan fingerprint density at radius 2 is 1.95 bits per heavy atom. The molecule has 5 nitrogen and oxygen atoms in total. The zero-order chi connectivity index (χ0) is 16.2. The van der Waals surface area contributed by atoms with Crippen LogP contribution in [0, 0.1) is 11.2 Å². The molecule has 0 bridgehead atoms. The first-order valence-electron chi connectivity index (χ1n) is 6.25. The maximum Gasteiger partial charge on any atom is 0.165 e. The van der Waals surface area contributed by atoms with Crippen LogP contribution in [-0.2, 0) is 15.4 Å². The normalized spacial score (nSPS) is 27.2. The number of hydrogen-bond donors (Lipinski definition) is 3. The second-order valence-electron chi connectivity index (χ2n) is 5.97. The van der Waals surface area contributed by atoms with Gasteiger partial charge in [-0.1, -0.05) is 11.6 Å². The SMILES string of the molecule is CC1(C)C(=N)N[C@](C)(c2cc(N)cc(Cl)c2F)CS1(=O)=O. The predicted molar refractivity (Wildman–Crippen MR) is 81.9 cm³/mol. The summed E-state index contributed by atoms with van der Waals surface area (Å²) in [5, 5.41) is 10.6. The molecule has 1 aromatic rings. The highest BCUT2D eigenvalue weighted by atomic mass is 35.5. The lowest BCUT2D eigenvalue weighted by atomic mass is 9.91. The summed E-state index contributed by atoms with van der Waals surface area (Å²) < 4.78 is 37.8. The molecule has 0 unspecified atom stereocenters. The third-order valence-electron chi connectivity index (χ3n) is 3.90. The fourth-order valence-electron chi connectivity index (χ4n) is 2.34. The molecule has 1 aromatic carbocycles.